The molecule has 2 atom stereocenters. The number of hydrogen-bond donors (Lipinski definition) is 1. The summed E-state index contributed by atoms with van der Waals surface area (Å²) in [6, 6.07) is 8.63. The topological polar surface area (TPSA) is 26.0 Å². The Kier molecular flexibility index (Phi) is 3.34. The van der Waals surface area contributed by atoms with Crippen molar-refractivity contribution in [3.05, 3.63) is 35.4 Å². The van der Waals surface area contributed by atoms with Crippen LogP contribution in [0.15, 0.2) is 24.3 Å². The zero-order valence-electron chi connectivity index (χ0n) is 7.86. The molecule has 13 heavy (non-hydrogen) atoms. The molecule has 1 aliphatic carbocycles. The van der Waals surface area contributed by atoms with Crippen molar-refractivity contribution in [2.75, 3.05) is 6.54 Å². The SMILES string of the molecule is Cc1ccccc1[C@H]1C[C@@H]1CN.Cl. The summed E-state index contributed by atoms with van der Waals surface area (Å²) >= 11 is 0. The fourth-order valence-electron chi connectivity index (χ4n) is 1.89. The van der Waals surface area contributed by atoms with Gasteiger partial charge in [0, 0.05) is 0 Å². The Morgan fingerprint density at radius 2 is 2.08 bits per heavy atom. The molecular formula is C11H16ClN. The summed E-state index contributed by atoms with van der Waals surface area (Å²) < 4.78 is 0. The van der Waals surface area contributed by atoms with Crippen LogP contribution in [0.1, 0.15) is 23.5 Å². The van der Waals surface area contributed by atoms with Crippen LogP contribution < -0.4 is 5.73 Å². The maximum absolute atomic E-state index is 5.61. The van der Waals surface area contributed by atoms with Crippen LogP contribution in [0.2, 0.25) is 0 Å². The number of halogens is 1. The minimum Gasteiger partial charge on any atom is -0.330 e. The van der Waals surface area contributed by atoms with E-state index >= 15 is 0 Å². The summed E-state index contributed by atoms with van der Waals surface area (Å²) in [6.07, 6.45) is 1.29. The largest absolute Gasteiger partial charge is 0.330 e. The van der Waals surface area contributed by atoms with Crippen LogP contribution in [0.3, 0.4) is 0 Å². The summed E-state index contributed by atoms with van der Waals surface area (Å²) in [4.78, 5) is 0. The minimum atomic E-state index is 0. The van der Waals surface area contributed by atoms with E-state index in [0.717, 1.165) is 18.4 Å². The monoisotopic (exact) mass is 197 g/mol. The second-order valence-electron chi connectivity index (χ2n) is 3.69. The summed E-state index contributed by atoms with van der Waals surface area (Å²) in [7, 11) is 0. The van der Waals surface area contributed by atoms with Crippen LogP contribution in [0, 0.1) is 12.8 Å². The molecule has 0 bridgehead atoms. The molecule has 0 heterocycles. The van der Waals surface area contributed by atoms with Crippen molar-refractivity contribution in [3.63, 3.8) is 0 Å². The Labute approximate surface area is 85.7 Å². The molecule has 72 valence electrons. The van der Waals surface area contributed by atoms with Gasteiger partial charge in [-0.2, -0.15) is 0 Å². The average Bonchev–Trinajstić information content (AvgIpc) is 2.84. The normalized spacial score (nSPS) is 25.1. The smallest absolute Gasteiger partial charge is 0.00428 e. The van der Waals surface area contributed by atoms with E-state index in [1.165, 1.54) is 17.5 Å². The fraction of sp³-hybridized carbons (Fsp3) is 0.455. The Morgan fingerprint density at radius 3 is 2.62 bits per heavy atom. The van der Waals surface area contributed by atoms with Crippen LogP contribution in [0.4, 0.5) is 0 Å². The lowest BCUT2D eigenvalue weighted by Crippen LogP contribution is -2.02. The van der Waals surface area contributed by atoms with Gasteiger partial charge in [0.2, 0.25) is 0 Å². The standard InChI is InChI=1S/C11H15N.ClH/c1-8-4-2-3-5-10(8)11-6-9(11)7-12;/h2-5,9,11H,6-7,12H2,1H3;1H/t9-,11+;/m1./s1. The molecule has 2 heteroatoms. The van der Waals surface area contributed by atoms with Crippen LogP contribution >= 0.6 is 12.4 Å². The van der Waals surface area contributed by atoms with E-state index in [1.807, 2.05) is 0 Å². The maximum Gasteiger partial charge on any atom is -0.00428 e. The van der Waals surface area contributed by atoms with Gasteiger partial charge in [-0.1, -0.05) is 24.3 Å². The van der Waals surface area contributed by atoms with Gasteiger partial charge in [-0.25, -0.2) is 0 Å². The van der Waals surface area contributed by atoms with Gasteiger partial charge in [-0.05, 0) is 42.9 Å². The van der Waals surface area contributed by atoms with Gasteiger partial charge >= 0.3 is 0 Å². The first-order chi connectivity index (χ1) is 5.83. The molecule has 1 aliphatic rings. The summed E-state index contributed by atoms with van der Waals surface area (Å²) in [6.45, 7) is 3.03. The van der Waals surface area contributed by atoms with Crippen LogP contribution in [0.25, 0.3) is 0 Å². The first-order valence-corrected chi connectivity index (χ1v) is 4.58. The molecule has 0 unspecified atom stereocenters. The molecular weight excluding hydrogens is 182 g/mol. The zero-order valence-corrected chi connectivity index (χ0v) is 8.68. The minimum absolute atomic E-state index is 0. The molecule has 1 aromatic carbocycles. The van der Waals surface area contributed by atoms with Crippen molar-refractivity contribution in [3.8, 4) is 0 Å². The Hall–Kier alpha value is -0.530. The van der Waals surface area contributed by atoms with E-state index in [1.54, 1.807) is 0 Å². The summed E-state index contributed by atoms with van der Waals surface area (Å²) in [5.74, 6) is 1.52. The Bertz CT molecular complexity index is 285. The van der Waals surface area contributed by atoms with Crippen molar-refractivity contribution >= 4 is 12.4 Å². The lowest BCUT2D eigenvalue weighted by Gasteiger charge is -2.02. The van der Waals surface area contributed by atoms with E-state index < -0.39 is 0 Å². The van der Waals surface area contributed by atoms with E-state index in [-0.39, 0.29) is 12.4 Å². The third kappa shape index (κ3) is 2.04. The molecule has 0 amide bonds. The number of benzene rings is 1. The Balaban J connectivity index is 0.000000845. The molecule has 1 aromatic rings. The van der Waals surface area contributed by atoms with Crippen molar-refractivity contribution in [1.82, 2.24) is 0 Å². The van der Waals surface area contributed by atoms with E-state index in [2.05, 4.69) is 31.2 Å². The van der Waals surface area contributed by atoms with Gasteiger partial charge in [0.25, 0.3) is 0 Å². The quantitative estimate of drug-likeness (QED) is 0.775. The van der Waals surface area contributed by atoms with Crippen molar-refractivity contribution < 1.29 is 0 Å². The van der Waals surface area contributed by atoms with Gasteiger partial charge in [0.15, 0.2) is 0 Å². The van der Waals surface area contributed by atoms with Gasteiger partial charge in [0.05, 0.1) is 0 Å². The fourth-order valence-corrected chi connectivity index (χ4v) is 1.89. The lowest BCUT2D eigenvalue weighted by atomic mass is 10.0. The maximum atomic E-state index is 5.61. The highest BCUT2D eigenvalue weighted by Gasteiger charge is 2.37. The van der Waals surface area contributed by atoms with Crippen molar-refractivity contribution in [2.45, 2.75) is 19.3 Å². The van der Waals surface area contributed by atoms with Crippen LogP contribution in [-0.2, 0) is 0 Å². The molecule has 0 aliphatic heterocycles. The molecule has 0 aromatic heterocycles. The highest BCUT2D eigenvalue weighted by molar-refractivity contribution is 5.85. The highest BCUT2D eigenvalue weighted by Crippen LogP contribution is 2.47. The zero-order chi connectivity index (χ0) is 8.55. The summed E-state index contributed by atoms with van der Waals surface area (Å²) in [5.41, 5.74) is 8.53. The highest BCUT2D eigenvalue weighted by atomic mass is 35.5. The van der Waals surface area contributed by atoms with Gasteiger partial charge in [-0.3, -0.25) is 0 Å². The first kappa shape index (κ1) is 10.6. The van der Waals surface area contributed by atoms with Crippen LogP contribution in [-0.4, -0.2) is 6.54 Å². The predicted molar refractivity (Wildman–Crippen MR) is 58.3 cm³/mol. The molecule has 0 saturated heterocycles. The van der Waals surface area contributed by atoms with Gasteiger partial charge in [0.1, 0.15) is 0 Å². The molecule has 2 N–H and O–H groups in total. The third-order valence-electron chi connectivity index (χ3n) is 2.81. The molecule has 0 spiro atoms. The van der Waals surface area contributed by atoms with Crippen molar-refractivity contribution in [1.29, 1.82) is 0 Å². The number of nitrogens with two attached hydrogens (primary N) is 1. The lowest BCUT2D eigenvalue weighted by molar-refractivity contribution is 0.807. The number of aryl methyl sites for hydroxylation is 1. The number of rotatable bonds is 2. The van der Waals surface area contributed by atoms with E-state index in [0.29, 0.717) is 0 Å². The molecule has 1 nitrogen and oxygen atoms in total. The molecule has 1 saturated carbocycles. The third-order valence-corrected chi connectivity index (χ3v) is 2.81. The first-order valence-electron chi connectivity index (χ1n) is 4.58. The summed E-state index contributed by atoms with van der Waals surface area (Å²) in [5, 5.41) is 0. The van der Waals surface area contributed by atoms with Crippen LogP contribution in [0.5, 0.6) is 0 Å². The van der Waals surface area contributed by atoms with E-state index in [4.69, 9.17) is 5.73 Å². The second-order valence-corrected chi connectivity index (χ2v) is 3.69. The Morgan fingerprint density at radius 1 is 1.38 bits per heavy atom. The molecule has 2 rings (SSSR count). The predicted octanol–water partition coefficient (Wildman–Crippen LogP) is 2.48. The second kappa shape index (κ2) is 4.12. The van der Waals surface area contributed by atoms with Crippen molar-refractivity contribution in [2.24, 2.45) is 11.7 Å². The average molecular weight is 198 g/mol. The number of hydrogen-bond acceptors (Lipinski definition) is 1. The van der Waals surface area contributed by atoms with Gasteiger partial charge < -0.3 is 5.73 Å². The van der Waals surface area contributed by atoms with Gasteiger partial charge in [-0.15, -0.1) is 12.4 Å². The van der Waals surface area contributed by atoms with E-state index in [9.17, 15) is 0 Å². The molecule has 0 radical (unpaired) electrons. The molecule has 1 fully saturated rings.